The van der Waals surface area contributed by atoms with Gasteiger partial charge in [0, 0.05) is 42.1 Å². The predicted molar refractivity (Wildman–Crippen MR) is 105 cm³/mol. The fourth-order valence-corrected chi connectivity index (χ4v) is 4.12. The van der Waals surface area contributed by atoms with Gasteiger partial charge in [0.05, 0.1) is 12.6 Å². The van der Waals surface area contributed by atoms with E-state index in [0.717, 1.165) is 24.9 Å². The number of aliphatic hydroxyl groups excluding tert-OH is 1. The van der Waals surface area contributed by atoms with Crippen LogP contribution in [-0.4, -0.2) is 27.3 Å². The largest absolute Gasteiger partial charge is 0.390 e. The van der Waals surface area contributed by atoms with Crippen molar-refractivity contribution in [2.75, 3.05) is 6.54 Å². The van der Waals surface area contributed by atoms with Crippen molar-refractivity contribution in [2.24, 2.45) is 0 Å². The summed E-state index contributed by atoms with van der Waals surface area (Å²) in [5, 5.41) is 15.3. The molecule has 136 valence electrons. The zero-order valence-corrected chi connectivity index (χ0v) is 15.4. The van der Waals surface area contributed by atoms with E-state index in [9.17, 15) is 5.11 Å². The summed E-state index contributed by atoms with van der Waals surface area (Å²) in [7, 11) is 0. The van der Waals surface area contributed by atoms with Crippen LogP contribution in [0.5, 0.6) is 0 Å². The van der Waals surface area contributed by atoms with Gasteiger partial charge in [-0.3, -0.25) is 4.98 Å². The molecule has 1 aromatic carbocycles. The van der Waals surface area contributed by atoms with Gasteiger partial charge in [0.25, 0.3) is 0 Å². The van der Waals surface area contributed by atoms with Gasteiger partial charge in [-0.15, -0.1) is 0 Å². The number of aryl methyl sites for hydroxylation is 2. The molecule has 0 fully saturated rings. The highest BCUT2D eigenvalue weighted by Gasteiger charge is 2.21. The second-order valence-electron chi connectivity index (χ2n) is 7.41. The normalized spacial score (nSPS) is 15.2. The molecule has 2 N–H and O–H groups in total. The molecule has 0 saturated carbocycles. The molecule has 1 aliphatic carbocycles. The third-order valence-corrected chi connectivity index (χ3v) is 5.36. The lowest BCUT2D eigenvalue weighted by molar-refractivity contribution is 0.151. The Kier molecular flexibility index (Phi) is 5.05. The maximum absolute atomic E-state index is 10.6. The first kappa shape index (κ1) is 17.3. The van der Waals surface area contributed by atoms with Crippen LogP contribution in [0.1, 0.15) is 35.2 Å². The molecule has 2 aromatic heterocycles. The molecule has 3 aromatic rings. The third-order valence-electron chi connectivity index (χ3n) is 5.36. The smallest absolute Gasteiger partial charge is 0.0843 e. The highest BCUT2D eigenvalue weighted by Crippen LogP contribution is 2.33. The minimum atomic E-state index is -0.408. The molecule has 2 heterocycles. The fourth-order valence-electron chi connectivity index (χ4n) is 4.12. The van der Waals surface area contributed by atoms with Crippen LogP contribution < -0.4 is 5.32 Å². The van der Waals surface area contributed by atoms with E-state index in [1.807, 2.05) is 18.3 Å². The number of benzene rings is 1. The Bertz CT molecular complexity index is 885. The number of fused-ring (bicyclic) bond motifs is 3. The summed E-state index contributed by atoms with van der Waals surface area (Å²) in [5.41, 5.74) is 6.66. The Balaban J connectivity index is 1.49. The van der Waals surface area contributed by atoms with E-state index in [1.165, 1.54) is 40.6 Å². The Morgan fingerprint density at radius 3 is 2.96 bits per heavy atom. The number of pyridine rings is 1. The van der Waals surface area contributed by atoms with Gasteiger partial charge in [0.1, 0.15) is 0 Å². The summed E-state index contributed by atoms with van der Waals surface area (Å²) in [4.78, 5) is 4.13. The Hall–Kier alpha value is -2.17. The highest BCUT2D eigenvalue weighted by atomic mass is 16.3. The summed E-state index contributed by atoms with van der Waals surface area (Å²) in [6.07, 6.45) is 8.04. The Labute approximate surface area is 154 Å². The minimum Gasteiger partial charge on any atom is -0.390 e. The van der Waals surface area contributed by atoms with E-state index in [0.29, 0.717) is 13.1 Å². The Morgan fingerprint density at radius 1 is 1.23 bits per heavy atom. The molecule has 26 heavy (non-hydrogen) atoms. The molecule has 4 rings (SSSR count). The molecule has 0 bridgehead atoms. The molecular formula is C22H27N3O. The van der Waals surface area contributed by atoms with Crippen molar-refractivity contribution in [3.8, 4) is 0 Å². The summed E-state index contributed by atoms with van der Waals surface area (Å²) < 4.78 is 2.36. The van der Waals surface area contributed by atoms with Crippen molar-refractivity contribution >= 4 is 10.9 Å². The van der Waals surface area contributed by atoms with Gasteiger partial charge in [0.15, 0.2) is 0 Å². The predicted octanol–water partition coefficient (Wildman–Crippen LogP) is 3.37. The van der Waals surface area contributed by atoms with Crippen molar-refractivity contribution in [1.82, 2.24) is 14.9 Å². The van der Waals surface area contributed by atoms with E-state index in [4.69, 9.17) is 0 Å². The molecule has 0 amide bonds. The first-order valence-electron chi connectivity index (χ1n) is 9.60. The Morgan fingerprint density at radius 2 is 2.12 bits per heavy atom. The lowest BCUT2D eigenvalue weighted by atomic mass is 9.95. The maximum Gasteiger partial charge on any atom is 0.0843 e. The van der Waals surface area contributed by atoms with Crippen molar-refractivity contribution in [3.05, 3.63) is 65.1 Å². The summed E-state index contributed by atoms with van der Waals surface area (Å²) in [6, 6.07) is 10.7. The molecule has 1 aliphatic rings. The van der Waals surface area contributed by atoms with Crippen LogP contribution in [0.25, 0.3) is 10.9 Å². The number of aromatic nitrogens is 2. The van der Waals surface area contributed by atoms with E-state index in [1.54, 1.807) is 6.20 Å². The number of hydrogen-bond donors (Lipinski definition) is 2. The SMILES string of the molecule is Cc1ccc2c(c1)c1c(n2CC(O)CNCc2cccnc2)CCCC1. The monoisotopic (exact) mass is 349 g/mol. The van der Waals surface area contributed by atoms with E-state index < -0.39 is 6.10 Å². The van der Waals surface area contributed by atoms with E-state index >= 15 is 0 Å². The zero-order valence-electron chi connectivity index (χ0n) is 15.4. The van der Waals surface area contributed by atoms with Crippen molar-refractivity contribution in [2.45, 2.75) is 51.8 Å². The zero-order chi connectivity index (χ0) is 17.9. The van der Waals surface area contributed by atoms with Gasteiger partial charge in [-0.2, -0.15) is 0 Å². The van der Waals surface area contributed by atoms with Gasteiger partial charge in [-0.25, -0.2) is 0 Å². The number of nitrogens with zero attached hydrogens (tertiary/aromatic N) is 2. The van der Waals surface area contributed by atoms with E-state index in [2.05, 4.69) is 40.0 Å². The average Bonchev–Trinajstić information content (AvgIpc) is 2.96. The first-order valence-corrected chi connectivity index (χ1v) is 9.60. The average molecular weight is 349 g/mol. The van der Waals surface area contributed by atoms with Crippen molar-refractivity contribution in [1.29, 1.82) is 0 Å². The second-order valence-corrected chi connectivity index (χ2v) is 7.41. The molecule has 0 radical (unpaired) electrons. The highest BCUT2D eigenvalue weighted by molar-refractivity contribution is 5.86. The van der Waals surface area contributed by atoms with Crippen LogP contribution in [0.3, 0.4) is 0 Å². The molecule has 4 nitrogen and oxygen atoms in total. The van der Waals surface area contributed by atoms with Gasteiger partial charge in [0.2, 0.25) is 0 Å². The third kappa shape index (κ3) is 3.53. The van der Waals surface area contributed by atoms with Crippen LogP contribution in [-0.2, 0) is 25.9 Å². The van der Waals surface area contributed by atoms with Gasteiger partial charge in [-0.1, -0.05) is 17.7 Å². The van der Waals surface area contributed by atoms with Crippen LogP contribution in [0.15, 0.2) is 42.7 Å². The molecule has 1 unspecified atom stereocenters. The minimum absolute atomic E-state index is 0.408. The molecule has 4 heteroatoms. The van der Waals surface area contributed by atoms with Crippen LogP contribution in [0, 0.1) is 6.92 Å². The number of aliphatic hydroxyl groups is 1. The first-order chi connectivity index (χ1) is 12.7. The van der Waals surface area contributed by atoms with Crippen molar-refractivity contribution in [3.63, 3.8) is 0 Å². The lowest BCUT2D eigenvalue weighted by Crippen LogP contribution is -2.30. The quantitative estimate of drug-likeness (QED) is 0.717. The maximum atomic E-state index is 10.6. The van der Waals surface area contributed by atoms with Crippen LogP contribution in [0.4, 0.5) is 0 Å². The second kappa shape index (κ2) is 7.60. The number of nitrogens with one attached hydrogen (secondary N) is 1. The molecule has 0 saturated heterocycles. The summed E-state index contributed by atoms with van der Waals surface area (Å²) in [5.74, 6) is 0. The fraction of sp³-hybridized carbons (Fsp3) is 0.409. The molecule has 0 spiro atoms. The summed E-state index contributed by atoms with van der Waals surface area (Å²) in [6.45, 7) is 4.11. The van der Waals surface area contributed by atoms with Crippen LogP contribution in [0.2, 0.25) is 0 Å². The standard InChI is InChI=1S/C22H27N3O/c1-16-8-9-22-20(11-16)19-6-2-3-7-21(19)25(22)15-18(26)14-24-13-17-5-4-10-23-12-17/h4-5,8-12,18,24,26H,2-3,6-7,13-15H2,1H3. The topological polar surface area (TPSA) is 50.1 Å². The number of rotatable bonds is 6. The summed E-state index contributed by atoms with van der Waals surface area (Å²) >= 11 is 0. The van der Waals surface area contributed by atoms with Gasteiger partial charge >= 0.3 is 0 Å². The van der Waals surface area contributed by atoms with E-state index in [-0.39, 0.29) is 0 Å². The van der Waals surface area contributed by atoms with Gasteiger partial charge in [-0.05, 0) is 61.9 Å². The molecular weight excluding hydrogens is 322 g/mol. The van der Waals surface area contributed by atoms with Crippen molar-refractivity contribution < 1.29 is 5.11 Å². The molecule has 0 aliphatic heterocycles. The van der Waals surface area contributed by atoms with Crippen LogP contribution >= 0.6 is 0 Å². The lowest BCUT2D eigenvalue weighted by Gasteiger charge is -2.19. The molecule has 1 atom stereocenters. The number of hydrogen-bond acceptors (Lipinski definition) is 3. The van der Waals surface area contributed by atoms with Gasteiger partial charge < -0.3 is 15.0 Å².